The third kappa shape index (κ3) is 3.85. The fourth-order valence-corrected chi connectivity index (χ4v) is 3.51. The van der Waals surface area contributed by atoms with E-state index in [1.807, 2.05) is 25.3 Å². The van der Waals surface area contributed by atoms with Crippen LogP contribution in [0.15, 0.2) is 41.3 Å². The second kappa shape index (κ2) is 7.18. The first kappa shape index (κ1) is 16.7. The molecule has 1 unspecified atom stereocenters. The molecule has 0 spiro atoms. The van der Waals surface area contributed by atoms with Crippen molar-refractivity contribution in [3.63, 3.8) is 0 Å². The minimum Gasteiger partial charge on any atom is -0.497 e. The highest BCUT2D eigenvalue weighted by molar-refractivity contribution is 5.31. The van der Waals surface area contributed by atoms with Crippen LogP contribution in [0.25, 0.3) is 0 Å². The number of aromatic amines is 1. The molecule has 1 saturated carbocycles. The number of methoxy groups -OCH3 is 1. The predicted molar refractivity (Wildman–Crippen MR) is 91.9 cm³/mol. The molecule has 0 amide bonds. The summed E-state index contributed by atoms with van der Waals surface area (Å²) in [4.78, 5) is 13.9. The Balaban J connectivity index is 1.63. The number of ether oxygens (including phenoxy) is 1. The van der Waals surface area contributed by atoms with E-state index in [4.69, 9.17) is 4.74 Å². The van der Waals surface area contributed by atoms with Crippen LogP contribution in [0, 0.1) is 5.82 Å². The van der Waals surface area contributed by atoms with E-state index in [-0.39, 0.29) is 17.4 Å². The summed E-state index contributed by atoms with van der Waals surface area (Å²) in [6.45, 7) is 2.04. The number of halogens is 1. The molecule has 1 fully saturated rings. The van der Waals surface area contributed by atoms with E-state index < -0.39 is 0 Å². The van der Waals surface area contributed by atoms with Gasteiger partial charge in [0.1, 0.15) is 11.6 Å². The van der Waals surface area contributed by atoms with Crippen LogP contribution in [0.3, 0.4) is 0 Å². The molecule has 0 aliphatic heterocycles. The number of nitrogens with one attached hydrogen (secondary N) is 2. The summed E-state index contributed by atoms with van der Waals surface area (Å²) < 4.78 is 18.8. The lowest BCUT2D eigenvalue weighted by Gasteiger charge is -2.21. The summed E-state index contributed by atoms with van der Waals surface area (Å²) in [7, 11) is 1.54. The van der Waals surface area contributed by atoms with Crippen molar-refractivity contribution in [2.45, 2.75) is 44.2 Å². The molecule has 5 heteroatoms. The van der Waals surface area contributed by atoms with Crippen molar-refractivity contribution in [1.29, 1.82) is 0 Å². The van der Waals surface area contributed by atoms with Gasteiger partial charge in [-0.2, -0.15) is 0 Å². The van der Waals surface area contributed by atoms with Crippen molar-refractivity contribution in [2.75, 3.05) is 7.11 Å². The average Bonchev–Trinajstić information content (AvgIpc) is 3.03. The van der Waals surface area contributed by atoms with Crippen LogP contribution in [0.2, 0.25) is 0 Å². The van der Waals surface area contributed by atoms with Crippen molar-refractivity contribution < 1.29 is 9.13 Å². The Kier molecular flexibility index (Phi) is 5.00. The van der Waals surface area contributed by atoms with E-state index in [9.17, 15) is 9.18 Å². The Morgan fingerprint density at radius 1 is 1.29 bits per heavy atom. The number of aromatic nitrogens is 1. The van der Waals surface area contributed by atoms with Gasteiger partial charge in [-0.25, -0.2) is 4.39 Å². The second-order valence-corrected chi connectivity index (χ2v) is 6.51. The molecule has 2 aromatic rings. The minimum atomic E-state index is -0.282. The zero-order chi connectivity index (χ0) is 17.1. The number of hydrogen-bond donors (Lipinski definition) is 2. The molecule has 128 valence electrons. The molecular formula is C19H23FN2O2. The molecule has 0 bridgehead atoms. The zero-order valence-electron chi connectivity index (χ0n) is 14.0. The molecule has 3 rings (SSSR count). The zero-order valence-corrected chi connectivity index (χ0v) is 14.0. The van der Waals surface area contributed by atoms with Crippen LogP contribution in [-0.4, -0.2) is 18.1 Å². The molecule has 1 aromatic heterocycles. The largest absolute Gasteiger partial charge is 0.497 e. The van der Waals surface area contributed by atoms with Gasteiger partial charge in [0.2, 0.25) is 5.56 Å². The first-order valence-electron chi connectivity index (χ1n) is 8.34. The Hall–Kier alpha value is -2.14. The lowest BCUT2D eigenvalue weighted by molar-refractivity contribution is 0.407. The fourth-order valence-electron chi connectivity index (χ4n) is 3.51. The van der Waals surface area contributed by atoms with Crippen molar-refractivity contribution in [2.24, 2.45) is 0 Å². The van der Waals surface area contributed by atoms with Gasteiger partial charge in [0.25, 0.3) is 0 Å². The monoisotopic (exact) mass is 330 g/mol. The standard InChI is InChI=1S/C19H23FN2O2/c1-12(15-7-16(20)10-18(9-15)24-2)22-17-5-3-13(8-17)14-4-6-19(23)21-11-14/h4,6-7,9-13,17,22H,3,5,8H2,1-2H3,(H,21,23)/t12-,13?,17+/m1/s1. The van der Waals surface area contributed by atoms with Crippen LogP contribution in [0.4, 0.5) is 4.39 Å². The summed E-state index contributed by atoms with van der Waals surface area (Å²) in [6.07, 6.45) is 4.99. The van der Waals surface area contributed by atoms with Crippen molar-refractivity contribution in [1.82, 2.24) is 10.3 Å². The third-order valence-electron chi connectivity index (χ3n) is 4.83. The molecule has 0 saturated heterocycles. The first-order valence-corrected chi connectivity index (χ1v) is 8.34. The average molecular weight is 330 g/mol. The summed E-state index contributed by atoms with van der Waals surface area (Å²) in [5.74, 6) is 0.709. The number of rotatable bonds is 5. The summed E-state index contributed by atoms with van der Waals surface area (Å²) in [5, 5.41) is 3.59. The van der Waals surface area contributed by atoms with Crippen LogP contribution < -0.4 is 15.6 Å². The second-order valence-electron chi connectivity index (χ2n) is 6.51. The SMILES string of the molecule is COc1cc(F)cc([C@@H](C)N[C@H]2CCC(c3ccc(=O)[nH]c3)C2)c1. The molecule has 2 N–H and O–H groups in total. The Morgan fingerprint density at radius 3 is 2.83 bits per heavy atom. The van der Waals surface area contributed by atoms with E-state index in [1.165, 1.54) is 11.6 Å². The van der Waals surface area contributed by atoms with E-state index >= 15 is 0 Å². The molecule has 1 aliphatic carbocycles. The maximum atomic E-state index is 13.7. The highest BCUT2D eigenvalue weighted by atomic mass is 19.1. The summed E-state index contributed by atoms with van der Waals surface area (Å²) in [6, 6.07) is 8.73. The Labute approximate surface area is 141 Å². The molecule has 3 atom stereocenters. The maximum Gasteiger partial charge on any atom is 0.247 e. The highest BCUT2D eigenvalue weighted by Crippen LogP contribution is 2.35. The normalized spacial score (nSPS) is 21.6. The number of hydrogen-bond acceptors (Lipinski definition) is 3. The van der Waals surface area contributed by atoms with Crippen molar-refractivity contribution >= 4 is 0 Å². The maximum absolute atomic E-state index is 13.7. The highest BCUT2D eigenvalue weighted by Gasteiger charge is 2.27. The summed E-state index contributed by atoms with van der Waals surface area (Å²) >= 11 is 0. The van der Waals surface area contributed by atoms with Gasteiger partial charge in [0.05, 0.1) is 7.11 Å². The third-order valence-corrected chi connectivity index (χ3v) is 4.83. The van der Waals surface area contributed by atoms with Gasteiger partial charge >= 0.3 is 0 Å². The Morgan fingerprint density at radius 2 is 2.12 bits per heavy atom. The van der Waals surface area contributed by atoms with Gasteiger partial charge in [0, 0.05) is 30.4 Å². The van der Waals surface area contributed by atoms with E-state index in [0.29, 0.717) is 17.7 Å². The topological polar surface area (TPSA) is 54.1 Å². The van der Waals surface area contributed by atoms with Crippen LogP contribution in [0.1, 0.15) is 49.3 Å². The molecule has 1 aliphatic rings. The van der Waals surface area contributed by atoms with Gasteiger partial charge < -0.3 is 15.0 Å². The first-order chi connectivity index (χ1) is 11.5. The number of benzene rings is 1. The lowest BCUT2D eigenvalue weighted by atomic mass is 9.99. The fraction of sp³-hybridized carbons (Fsp3) is 0.421. The van der Waals surface area contributed by atoms with Gasteiger partial charge in [-0.1, -0.05) is 6.07 Å². The Bertz CT molecular complexity index is 739. The minimum absolute atomic E-state index is 0.0499. The molecule has 24 heavy (non-hydrogen) atoms. The molecule has 4 nitrogen and oxygen atoms in total. The van der Waals surface area contributed by atoms with Crippen LogP contribution >= 0.6 is 0 Å². The quantitative estimate of drug-likeness (QED) is 0.882. The van der Waals surface area contributed by atoms with Gasteiger partial charge in [-0.15, -0.1) is 0 Å². The van der Waals surface area contributed by atoms with Crippen molar-refractivity contribution in [3.8, 4) is 5.75 Å². The predicted octanol–water partition coefficient (Wildman–Crippen LogP) is 3.51. The van der Waals surface area contributed by atoms with E-state index in [0.717, 1.165) is 24.8 Å². The summed E-state index contributed by atoms with van der Waals surface area (Å²) in [5.41, 5.74) is 2.00. The molecule has 1 aromatic carbocycles. The molecular weight excluding hydrogens is 307 g/mol. The van der Waals surface area contributed by atoms with E-state index in [2.05, 4.69) is 10.3 Å². The number of pyridine rings is 1. The van der Waals surface area contributed by atoms with Crippen LogP contribution in [-0.2, 0) is 0 Å². The van der Waals surface area contributed by atoms with E-state index in [1.54, 1.807) is 19.2 Å². The van der Waals surface area contributed by atoms with Gasteiger partial charge in [0.15, 0.2) is 0 Å². The van der Waals surface area contributed by atoms with Crippen molar-refractivity contribution in [3.05, 3.63) is 63.8 Å². The van der Waals surface area contributed by atoms with Crippen LogP contribution in [0.5, 0.6) is 5.75 Å². The smallest absolute Gasteiger partial charge is 0.247 e. The number of H-pyrrole nitrogens is 1. The lowest BCUT2D eigenvalue weighted by Crippen LogP contribution is -2.29. The van der Waals surface area contributed by atoms with Gasteiger partial charge in [-0.3, -0.25) is 4.79 Å². The molecule has 1 heterocycles. The van der Waals surface area contributed by atoms with Gasteiger partial charge in [-0.05, 0) is 55.4 Å². The molecule has 0 radical (unpaired) electrons.